The van der Waals surface area contributed by atoms with Gasteiger partial charge >= 0.3 is 0 Å². The topological polar surface area (TPSA) is 52.3 Å². The third-order valence-corrected chi connectivity index (χ3v) is 1.77. The highest BCUT2D eigenvalue weighted by molar-refractivity contribution is 5.58. The number of nitrogens with two attached hydrogens (primary N) is 1. The third kappa shape index (κ3) is 5.27. The first-order valence-corrected chi connectivity index (χ1v) is 4.47. The molecule has 0 rings (SSSR count). The average molecular weight is 172 g/mol. The van der Waals surface area contributed by atoms with Crippen molar-refractivity contribution in [3.05, 3.63) is 0 Å². The highest BCUT2D eigenvalue weighted by Gasteiger charge is 2.11. The fraction of sp³-hybridized carbons (Fsp3) is 0.889. The van der Waals surface area contributed by atoms with Crippen molar-refractivity contribution >= 4 is 6.29 Å². The van der Waals surface area contributed by atoms with Crippen molar-refractivity contribution in [2.24, 2.45) is 5.73 Å². The van der Waals surface area contributed by atoms with Gasteiger partial charge in [0.05, 0.1) is 12.1 Å². The second kappa shape index (κ2) is 7.25. The Morgan fingerprint density at radius 2 is 2.17 bits per heavy atom. The predicted molar refractivity (Wildman–Crippen MR) is 48.6 cm³/mol. The lowest BCUT2D eigenvalue weighted by atomic mass is 10.2. The van der Waals surface area contributed by atoms with E-state index in [1.165, 1.54) is 6.42 Å². The van der Waals surface area contributed by atoms with Gasteiger partial charge in [0.25, 0.3) is 0 Å². The zero-order chi connectivity index (χ0) is 9.40. The fourth-order valence-electron chi connectivity index (χ4n) is 0.821. The molecule has 0 aliphatic heterocycles. The monoisotopic (exact) mass is 172 g/mol. The van der Waals surface area contributed by atoms with Gasteiger partial charge in [-0.2, -0.15) is 0 Å². The summed E-state index contributed by atoms with van der Waals surface area (Å²) in [5, 5.41) is 0. The number of ether oxygens (including phenoxy) is 1. The summed E-state index contributed by atoms with van der Waals surface area (Å²) in [6.07, 6.45) is 4.86. The Bertz CT molecular complexity index is 117. The first-order valence-electron chi connectivity index (χ1n) is 4.47. The molecule has 0 aliphatic rings. The molecule has 3 heteroatoms. The molecular formula is C9H18NO2. The first kappa shape index (κ1) is 11.6. The molecule has 2 atom stereocenters. The van der Waals surface area contributed by atoms with E-state index < -0.39 is 6.04 Å². The summed E-state index contributed by atoms with van der Waals surface area (Å²) in [5.41, 5.74) is 5.38. The van der Waals surface area contributed by atoms with Crippen molar-refractivity contribution in [3.63, 3.8) is 0 Å². The summed E-state index contributed by atoms with van der Waals surface area (Å²) in [6, 6.07) is -0.605. The van der Waals surface area contributed by atoms with Gasteiger partial charge in [-0.15, -0.1) is 0 Å². The van der Waals surface area contributed by atoms with Crippen molar-refractivity contribution in [3.8, 4) is 0 Å². The minimum atomic E-state index is -0.605. The number of carbonyl (C=O) groups excluding carboxylic acids is 1. The summed E-state index contributed by atoms with van der Waals surface area (Å²) < 4.78 is 5.31. The molecule has 0 spiro atoms. The van der Waals surface area contributed by atoms with Crippen LogP contribution in [0.4, 0.5) is 0 Å². The molecule has 0 saturated heterocycles. The van der Waals surface area contributed by atoms with E-state index in [-0.39, 0.29) is 6.10 Å². The van der Waals surface area contributed by atoms with E-state index in [1.807, 2.05) is 0 Å². The summed E-state index contributed by atoms with van der Waals surface area (Å²) >= 11 is 0. The Morgan fingerprint density at radius 1 is 1.50 bits per heavy atom. The molecule has 0 aromatic heterocycles. The average Bonchev–Trinajstić information content (AvgIpc) is 2.10. The Morgan fingerprint density at radius 3 is 2.67 bits per heavy atom. The minimum absolute atomic E-state index is 0.209. The van der Waals surface area contributed by atoms with Crippen LogP contribution >= 0.6 is 0 Å². The molecule has 0 aliphatic carbocycles. The molecule has 0 saturated carbocycles. The fourth-order valence-corrected chi connectivity index (χ4v) is 0.821. The Hall–Kier alpha value is -0.410. The molecular weight excluding hydrogens is 154 g/mol. The van der Waals surface area contributed by atoms with Gasteiger partial charge in [0.15, 0.2) is 0 Å². The summed E-state index contributed by atoms with van der Waals surface area (Å²) in [7, 11) is 0. The number of hydrogen-bond donors (Lipinski definition) is 1. The van der Waals surface area contributed by atoms with Gasteiger partial charge in [-0.3, -0.25) is 4.79 Å². The second-order valence-electron chi connectivity index (χ2n) is 2.93. The van der Waals surface area contributed by atoms with Crippen molar-refractivity contribution in [1.82, 2.24) is 0 Å². The Labute approximate surface area is 74.3 Å². The SMILES string of the molecule is CCCCCOC(C)[C@H](N)[C]=O. The van der Waals surface area contributed by atoms with Crippen molar-refractivity contribution < 1.29 is 9.53 Å². The Balaban J connectivity index is 3.30. The van der Waals surface area contributed by atoms with Crippen LogP contribution in [0.2, 0.25) is 0 Å². The third-order valence-electron chi connectivity index (χ3n) is 1.77. The lowest BCUT2D eigenvalue weighted by molar-refractivity contribution is 0.0584. The zero-order valence-corrected chi connectivity index (χ0v) is 7.88. The predicted octanol–water partition coefficient (Wildman–Crippen LogP) is 1.02. The minimum Gasteiger partial charge on any atom is -0.376 e. The van der Waals surface area contributed by atoms with E-state index in [4.69, 9.17) is 10.5 Å². The van der Waals surface area contributed by atoms with Gasteiger partial charge in [-0.1, -0.05) is 19.8 Å². The van der Waals surface area contributed by atoms with Crippen LogP contribution in [-0.2, 0) is 9.53 Å². The number of rotatable bonds is 7. The molecule has 0 fully saturated rings. The Kier molecular flexibility index (Phi) is 7.00. The lowest BCUT2D eigenvalue weighted by Crippen LogP contribution is -2.36. The van der Waals surface area contributed by atoms with E-state index in [0.29, 0.717) is 6.61 Å². The van der Waals surface area contributed by atoms with Gasteiger partial charge in [-0.05, 0) is 13.3 Å². The van der Waals surface area contributed by atoms with Crippen LogP contribution in [0.25, 0.3) is 0 Å². The normalized spacial score (nSPS) is 15.6. The van der Waals surface area contributed by atoms with Gasteiger partial charge in [0.1, 0.15) is 0 Å². The van der Waals surface area contributed by atoms with Crippen LogP contribution in [0.3, 0.4) is 0 Å². The number of unbranched alkanes of at least 4 members (excludes halogenated alkanes) is 2. The summed E-state index contributed by atoms with van der Waals surface area (Å²) in [6.45, 7) is 4.61. The standard InChI is InChI=1S/C9H18NO2/c1-3-4-5-6-12-8(2)9(10)7-11/h8-9H,3-6,10H2,1-2H3/t8?,9-/m1/s1. The summed E-state index contributed by atoms with van der Waals surface area (Å²) in [5.74, 6) is 0. The van der Waals surface area contributed by atoms with E-state index in [1.54, 1.807) is 13.2 Å². The van der Waals surface area contributed by atoms with Crippen LogP contribution in [-0.4, -0.2) is 25.0 Å². The van der Waals surface area contributed by atoms with E-state index in [2.05, 4.69) is 6.92 Å². The highest BCUT2D eigenvalue weighted by atomic mass is 16.5. The lowest BCUT2D eigenvalue weighted by Gasteiger charge is -2.14. The maximum absolute atomic E-state index is 10.1. The van der Waals surface area contributed by atoms with Gasteiger partial charge < -0.3 is 10.5 Å². The molecule has 1 radical (unpaired) electrons. The first-order chi connectivity index (χ1) is 5.72. The second-order valence-corrected chi connectivity index (χ2v) is 2.93. The molecule has 1 unspecified atom stereocenters. The molecule has 0 aromatic carbocycles. The van der Waals surface area contributed by atoms with Gasteiger partial charge in [-0.25, -0.2) is 0 Å². The molecule has 12 heavy (non-hydrogen) atoms. The van der Waals surface area contributed by atoms with Crippen LogP contribution in [0.1, 0.15) is 33.1 Å². The van der Waals surface area contributed by atoms with Crippen molar-refractivity contribution in [2.45, 2.75) is 45.3 Å². The van der Waals surface area contributed by atoms with E-state index >= 15 is 0 Å². The van der Waals surface area contributed by atoms with Crippen LogP contribution < -0.4 is 5.73 Å². The molecule has 0 heterocycles. The van der Waals surface area contributed by atoms with Gasteiger partial charge in [0.2, 0.25) is 6.29 Å². The molecule has 71 valence electrons. The van der Waals surface area contributed by atoms with Crippen molar-refractivity contribution in [2.75, 3.05) is 6.61 Å². The molecule has 0 aromatic rings. The quantitative estimate of drug-likeness (QED) is 0.583. The maximum Gasteiger partial charge on any atom is 0.219 e. The maximum atomic E-state index is 10.1. The van der Waals surface area contributed by atoms with Gasteiger partial charge in [0, 0.05) is 6.61 Å². The van der Waals surface area contributed by atoms with Crippen LogP contribution in [0, 0.1) is 0 Å². The molecule has 0 bridgehead atoms. The van der Waals surface area contributed by atoms with E-state index in [0.717, 1.165) is 12.8 Å². The molecule has 2 N–H and O–H groups in total. The number of hydrogen-bond acceptors (Lipinski definition) is 3. The molecule has 3 nitrogen and oxygen atoms in total. The van der Waals surface area contributed by atoms with Crippen LogP contribution in [0.15, 0.2) is 0 Å². The largest absolute Gasteiger partial charge is 0.376 e. The summed E-state index contributed by atoms with van der Waals surface area (Å²) in [4.78, 5) is 10.1. The van der Waals surface area contributed by atoms with Crippen molar-refractivity contribution in [1.29, 1.82) is 0 Å². The van der Waals surface area contributed by atoms with E-state index in [9.17, 15) is 4.79 Å². The van der Waals surface area contributed by atoms with Crippen LogP contribution in [0.5, 0.6) is 0 Å². The smallest absolute Gasteiger partial charge is 0.219 e. The zero-order valence-electron chi connectivity index (χ0n) is 7.88. The highest BCUT2D eigenvalue weighted by Crippen LogP contribution is 1.99. The molecule has 0 amide bonds.